The summed E-state index contributed by atoms with van der Waals surface area (Å²) in [7, 11) is 0. The Kier molecular flexibility index (Phi) is 5.39. The summed E-state index contributed by atoms with van der Waals surface area (Å²) in [6, 6.07) is 4.17. The van der Waals surface area contributed by atoms with E-state index in [0.717, 1.165) is 18.6 Å². The fourth-order valence-corrected chi connectivity index (χ4v) is 2.21. The van der Waals surface area contributed by atoms with Crippen LogP contribution in [0.5, 0.6) is 5.75 Å². The number of rotatable bonds is 4. The number of carbonyl (C=O) groups is 1. The lowest BCUT2D eigenvalue weighted by molar-refractivity contribution is -0.142. The number of aryl methyl sites for hydroxylation is 1. The number of hydrogen-bond donors (Lipinski definition) is 0. The highest BCUT2D eigenvalue weighted by Gasteiger charge is 2.38. The predicted molar refractivity (Wildman–Crippen MR) is 76.7 cm³/mol. The third-order valence-corrected chi connectivity index (χ3v) is 3.30. The molecular formula is C17H12F6O2. The second-order valence-corrected chi connectivity index (χ2v) is 5.21. The molecule has 2 aromatic carbocycles. The molecule has 2 nitrogen and oxygen atoms in total. The quantitative estimate of drug-likeness (QED) is 0.419. The second-order valence-electron chi connectivity index (χ2n) is 5.21. The molecule has 134 valence electrons. The van der Waals surface area contributed by atoms with E-state index in [-0.39, 0.29) is 12.1 Å². The predicted octanol–water partition coefficient (Wildman–Crippen LogP) is 5.29. The van der Waals surface area contributed by atoms with Gasteiger partial charge in [-0.05, 0) is 24.1 Å². The SMILES string of the molecule is CCCc1ccc(C(=O)Oc2cc(F)c(C(F)(F)F)c(F)c2)c(F)c1. The molecule has 0 unspecified atom stereocenters. The number of carbonyl (C=O) groups excluding carboxylic acids is 1. The van der Waals surface area contributed by atoms with Crippen molar-refractivity contribution in [1.82, 2.24) is 0 Å². The summed E-state index contributed by atoms with van der Waals surface area (Å²) in [4.78, 5) is 11.9. The van der Waals surface area contributed by atoms with Gasteiger partial charge in [0.15, 0.2) is 0 Å². The van der Waals surface area contributed by atoms with Crippen LogP contribution in [0.25, 0.3) is 0 Å². The van der Waals surface area contributed by atoms with Crippen LogP contribution >= 0.6 is 0 Å². The number of esters is 1. The van der Waals surface area contributed by atoms with E-state index in [1.54, 1.807) is 0 Å². The van der Waals surface area contributed by atoms with Gasteiger partial charge in [-0.1, -0.05) is 19.4 Å². The molecule has 0 saturated carbocycles. The highest BCUT2D eigenvalue weighted by molar-refractivity contribution is 5.91. The molecule has 0 heterocycles. The lowest BCUT2D eigenvalue weighted by Gasteiger charge is -2.11. The molecule has 25 heavy (non-hydrogen) atoms. The van der Waals surface area contributed by atoms with E-state index < -0.39 is 46.5 Å². The Morgan fingerprint density at radius 1 is 1.00 bits per heavy atom. The number of ether oxygens (including phenoxy) is 1. The van der Waals surface area contributed by atoms with E-state index in [1.165, 1.54) is 6.07 Å². The molecule has 0 saturated heterocycles. The molecule has 0 N–H and O–H groups in total. The van der Waals surface area contributed by atoms with Crippen LogP contribution in [0.1, 0.15) is 34.8 Å². The number of alkyl halides is 3. The first-order chi connectivity index (χ1) is 11.6. The van der Waals surface area contributed by atoms with Gasteiger partial charge in [-0.25, -0.2) is 18.0 Å². The maximum atomic E-state index is 13.9. The summed E-state index contributed by atoms with van der Waals surface area (Å²) in [6.07, 6.45) is -3.90. The first kappa shape index (κ1) is 18.8. The van der Waals surface area contributed by atoms with Gasteiger partial charge in [-0.2, -0.15) is 13.2 Å². The zero-order valence-electron chi connectivity index (χ0n) is 12.9. The molecule has 0 aliphatic heterocycles. The fraction of sp³-hybridized carbons (Fsp3) is 0.235. The Morgan fingerprint density at radius 3 is 2.08 bits per heavy atom. The third kappa shape index (κ3) is 4.32. The molecular weight excluding hydrogens is 350 g/mol. The number of hydrogen-bond acceptors (Lipinski definition) is 2. The summed E-state index contributed by atoms with van der Waals surface area (Å²) < 4.78 is 82.8. The summed E-state index contributed by atoms with van der Waals surface area (Å²) in [6.45, 7) is 1.88. The normalized spacial score (nSPS) is 11.5. The van der Waals surface area contributed by atoms with Gasteiger partial charge < -0.3 is 4.74 Å². The zero-order valence-corrected chi connectivity index (χ0v) is 12.9. The van der Waals surface area contributed by atoms with Gasteiger partial charge in [0.1, 0.15) is 28.8 Å². The molecule has 0 atom stereocenters. The number of benzene rings is 2. The average Bonchev–Trinajstić information content (AvgIpc) is 2.45. The topological polar surface area (TPSA) is 26.3 Å². The highest BCUT2D eigenvalue weighted by atomic mass is 19.4. The first-order valence-electron chi connectivity index (χ1n) is 7.20. The van der Waals surface area contributed by atoms with Gasteiger partial charge in [0, 0.05) is 12.1 Å². The smallest absolute Gasteiger partial charge is 0.422 e. The molecule has 2 rings (SSSR count). The molecule has 2 aromatic rings. The van der Waals surface area contributed by atoms with E-state index >= 15 is 0 Å². The minimum atomic E-state index is -5.24. The fourth-order valence-electron chi connectivity index (χ4n) is 2.21. The van der Waals surface area contributed by atoms with Crippen LogP contribution in [-0.4, -0.2) is 5.97 Å². The van der Waals surface area contributed by atoms with Gasteiger partial charge in [-0.15, -0.1) is 0 Å². The summed E-state index contributed by atoms with van der Waals surface area (Å²) >= 11 is 0. The van der Waals surface area contributed by atoms with Crippen molar-refractivity contribution in [2.24, 2.45) is 0 Å². The van der Waals surface area contributed by atoms with E-state index in [2.05, 4.69) is 4.74 Å². The van der Waals surface area contributed by atoms with Crippen LogP contribution in [-0.2, 0) is 12.6 Å². The van der Waals surface area contributed by atoms with Crippen molar-refractivity contribution in [1.29, 1.82) is 0 Å². The molecule has 0 spiro atoms. The standard InChI is InChI=1S/C17H12F6O2/c1-2-3-9-4-5-11(12(18)6-9)16(24)25-10-7-13(19)15(14(20)8-10)17(21,22)23/h4-8H,2-3H2,1H3. The van der Waals surface area contributed by atoms with Crippen LogP contribution in [0, 0.1) is 17.5 Å². The molecule has 0 aliphatic carbocycles. The Balaban J connectivity index is 2.27. The molecule has 0 aliphatic rings. The van der Waals surface area contributed by atoms with Gasteiger partial charge in [0.05, 0.1) is 5.56 Å². The molecule has 8 heteroatoms. The van der Waals surface area contributed by atoms with Crippen molar-refractivity contribution < 1.29 is 35.9 Å². The second kappa shape index (κ2) is 7.16. The minimum Gasteiger partial charge on any atom is -0.423 e. The molecule has 0 amide bonds. The number of halogens is 6. The zero-order chi connectivity index (χ0) is 18.8. The lowest BCUT2D eigenvalue weighted by Crippen LogP contribution is -2.14. The Labute approximate surface area is 139 Å². The van der Waals surface area contributed by atoms with Crippen molar-refractivity contribution in [3.8, 4) is 5.75 Å². The van der Waals surface area contributed by atoms with Crippen molar-refractivity contribution in [2.75, 3.05) is 0 Å². The third-order valence-electron chi connectivity index (χ3n) is 3.30. The maximum Gasteiger partial charge on any atom is 0.422 e. The Bertz CT molecular complexity index is 775. The summed E-state index contributed by atoms with van der Waals surface area (Å²) in [5.41, 5.74) is -1.95. The average molecular weight is 362 g/mol. The molecule has 0 fully saturated rings. The monoisotopic (exact) mass is 362 g/mol. The van der Waals surface area contributed by atoms with Gasteiger partial charge in [-0.3, -0.25) is 0 Å². The van der Waals surface area contributed by atoms with Crippen molar-refractivity contribution in [3.05, 3.63) is 64.5 Å². The summed E-state index contributed by atoms with van der Waals surface area (Å²) in [5, 5.41) is 0. The van der Waals surface area contributed by atoms with Crippen molar-refractivity contribution >= 4 is 5.97 Å². The Hall–Kier alpha value is -2.51. The summed E-state index contributed by atoms with van der Waals surface area (Å²) in [5.74, 6) is -6.85. The van der Waals surface area contributed by atoms with Gasteiger partial charge >= 0.3 is 12.1 Å². The Morgan fingerprint density at radius 2 is 1.60 bits per heavy atom. The highest BCUT2D eigenvalue weighted by Crippen LogP contribution is 2.35. The van der Waals surface area contributed by atoms with E-state index in [4.69, 9.17) is 0 Å². The minimum absolute atomic E-state index is 0.215. The van der Waals surface area contributed by atoms with Crippen LogP contribution in [0.2, 0.25) is 0 Å². The largest absolute Gasteiger partial charge is 0.423 e. The van der Waals surface area contributed by atoms with Gasteiger partial charge in [0.2, 0.25) is 0 Å². The van der Waals surface area contributed by atoms with E-state index in [1.807, 2.05) is 6.92 Å². The van der Waals surface area contributed by atoms with Crippen LogP contribution in [0.3, 0.4) is 0 Å². The van der Waals surface area contributed by atoms with Crippen molar-refractivity contribution in [2.45, 2.75) is 25.9 Å². The molecule has 0 bridgehead atoms. The lowest BCUT2D eigenvalue weighted by atomic mass is 10.1. The van der Waals surface area contributed by atoms with Crippen LogP contribution in [0.4, 0.5) is 26.3 Å². The van der Waals surface area contributed by atoms with Crippen LogP contribution < -0.4 is 4.74 Å². The molecule has 0 radical (unpaired) electrons. The maximum absolute atomic E-state index is 13.9. The van der Waals surface area contributed by atoms with Gasteiger partial charge in [0.25, 0.3) is 0 Å². The first-order valence-corrected chi connectivity index (χ1v) is 7.20. The van der Waals surface area contributed by atoms with Crippen LogP contribution in [0.15, 0.2) is 30.3 Å². The van der Waals surface area contributed by atoms with Crippen molar-refractivity contribution in [3.63, 3.8) is 0 Å². The van der Waals surface area contributed by atoms with E-state index in [9.17, 15) is 31.1 Å². The van der Waals surface area contributed by atoms with E-state index in [0.29, 0.717) is 12.0 Å². The molecule has 0 aromatic heterocycles.